The molecule has 144 valence electrons. The fourth-order valence-corrected chi connectivity index (χ4v) is 4.33. The van der Waals surface area contributed by atoms with Crippen molar-refractivity contribution >= 4 is 22.7 Å². The molecule has 0 aliphatic heterocycles. The van der Waals surface area contributed by atoms with Crippen molar-refractivity contribution in [2.24, 2.45) is 0 Å². The number of hydrogen-bond donors (Lipinski definition) is 1. The van der Waals surface area contributed by atoms with Crippen molar-refractivity contribution in [2.75, 3.05) is 5.32 Å². The van der Waals surface area contributed by atoms with Gasteiger partial charge in [-0.05, 0) is 45.0 Å². The summed E-state index contributed by atoms with van der Waals surface area (Å²) in [6, 6.07) is 35.6. The fraction of sp³-hybridized carbons (Fsp3) is 0.0357. The Kier molecular flexibility index (Phi) is 4.53. The molecule has 0 saturated carbocycles. The van der Waals surface area contributed by atoms with E-state index >= 15 is 0 Å². The maximum atomic E-state index is 11.9. The zero-order valence-electron chi connectivity index (χ0n) is 16.7. The number of fused-ring (bicyclic) bond motifs is 3. The molecule has 0 bridgehead atoms. The van der Waals surface area contributed by atoms with Gasteiger partial charge in [-0.3, -0.25) is 4.79 Å². The van der Waals surface area contributed by atoms with E-state index < -0.39 is 0 Å². The van der Waals surface area contributed by atoms with Crippen LogP contribution >= 0.6 is 0 Å². The molecule has 0 fully saturated rings. The third kappa shape index (κ3) is 3.03. The average molecular weight is 387 g/mol. The zero-order valence-corrected chi connectivity index (χ0v) is 16.7. The molecule has 0 atom stereocenters. The van der Waals surface area contributed by atoms with Crippen molar-refractivity contribution in [3.63, 3.8) is 0 Å². The molecule has 2 nitrogen and oxygen atoms in total. The summed E-state index contributed by atoms with van der Waals surface area (Å²) in [5.74, 6) is -0.0768. The summed E-state index contributed by atoms with van der Waals surface area (Å²) in [5.41, 5.74) is 10.2. The summed E-state index contributed by atoms with van der Waals surface area (Å²) < 4.78 is 0. The molecular weight excluding hydrogens is 366 g/mol. The standard InChI is InChI=1S/C28H21NO/c1-19(30)29-26-18-10-9-17-25(26)27(20-11-3-2-4-12-20)28-23-15-7-5-13-21(23)22-14-6-8-16-24(22)28/h2-18H,1H3,(H,29,30). The molecule has 4 aromatic rings. The maximum Gasteiger partial charge on any atom is 0.221 e. The van der Waals surface area contributed by atoms with E-state index in [0.29, 0.717) is 0 Å². The first-order valence-electron chi connectivity index (χ1n) is 10.1. The topological polar surface area (TPSA) is 29.1 Å². The van der Waals surface area contributed by atoms with Crippen molar-refractivity contribution in [2.45, 2.75) is 6.92 Å². The van der Waals surface area contributed by atoms with Gasteiger partial charge in [0.2, 0.25) is 5.91 Å². The van der Waals surface area contributed by atoms with Crippen molar-refractivity contribution in [1.82, 2.24) is 0 Å². The number of rotatable bonds is 3. The molecule has 0 saturated heterocycles. The third-order valence-corrected chi connectivity index (χ3v) is 5.50. The van der Waals surface area contributed by atoms with Crippen molar-refractivity contribution in [3.05, 3.63) is 125 Å². The monoisotopic (exact) mass is 387 g/mol. The second-order valence-corrected chi connectivity index (χ2v) is 7.43. The fourth-order valence-electron chi connectivity index (χ4n) is 4.33. The van der Waals surface area contributed by atoms with Crippen LogP contribution in [0.2, 0.25) is 0 Å². The van der Waals surface area contributed by atoms with E-state index in [1.54, 1.807) is 6.92 Å². The average Bonchev–Trinajstić information content (AvgIpc) is 3.10. The molecule has 1 N–H and O–H groups in total. The van der Waals surface area contributed by atoms with Crippen LogP contribution in [0.4, 0.5) is 5.69 Å². The van der Waals surface area contributed by atoms with Gasteiger partial charge in [0.1, 0.15) is 0 Å². The smallest absolute Gasteiger partial charge is 0.221 e. The molecule has 5 rings (SSSR count). The van der Waals surface area contributed by atoms with Gasteiger partial charge < -0.3 is 5.32 Å². The van der Waals surface area contributed by atoms with Crippen LogP contribution in [0.15, 0.2) is 103 Å². The highest BCUT2D eigenvalue weighted by Crippen LogP contribution is 2.49. The van der Waals surface area contributed by atoms with Gasteiger partial charge in [-0.25, -0.2) is 0 Å². The summed E-state index contributed by atoms with van der Waals surface area (Å²) in [6.45, 7) is 1.55. The van der Waals surface area contributed by atoms with Crippen molar-refractivity contribution < 1.29 is 4.79 Å². The Hall–Kier alpha value is -3.91. The van der Waals surface area contributed by atoms with Crippen LogP contribution < -0.4 is 5.32 Å². The number of anilines is 1. The number of benzene rings is 4. The van der Waals surface area contributed by atoms with Gasteiger partial charge in [-0.1, -0.05) is 97.1 Å². The Morgan fingerprint density at radius 3 is 1.70 bits per heavy atom. The molecule has 0 radical (unpaired) electrons. The first-order valence-corrected chi connectivity index (χ1v) is 10.1. The van der Waals surface area contributed by atoms with E-state index in [2.05, 4.69) is 84.2 Å². The predicted molar refractivity (Wildman–Crippen MR) is 124 cm³/mol. The van der Waals surface area contributed by atoms with Gasteiger partial charge >= 0.3 is 0 Å². The second-order valence-electron chi connectivity index (χ2n) is 7.43. The molecule has 1 aliphatic rings. The molecule has 0 aromatic heterocycles. The van der Waals surface area contributed by atoms with Crippen LogP contribution in [0.25, 0.3) is 22.3 Å². The molecule has 2 heteroatoms. The lowest BCUT2D eigenvalue weighted by Gasteiger charge is -2.18. The van der Waals surface area contributed by atoms with E-state index in [1.807, 2.05) is 24.3 Å². The number of para-hydroxylation sites is 1. The first-order chi connectivity index (χ1) is 14.7. The minimum absolute atomic E-state index is 0.0768. The van der Waals surface area contributed by atoms with E-state index in [1.165, 1.54) is 27.8 Å². The normalized spacial score (nSPS) is 11.6. The van der Waals surface area contributed by atoms with Crippen LogP contribution in [0.1, 0.15) is 29.2 Å². The number of amides is 1. The summed E-state index contributed by atoms with van der Waals surface area (Å²) in [5, 5.41) is 3.02. The minimum atomic E-state index is -0.0768. The van der Waals surface area contributed by atoms with E-state index in [-0.39, 0.29) is 5.91 Å². The lowest BCUT2D eigenvalue weighted by Crippen LogP contribution is -2.08. The summed E-state index contributed by atoms with van der Waals surface area (Å²) in [6.07, 6.45) is 0. The van der Waals surface area contributed by atoms with Gasteiger partial charge in [-0.15, -0.1) is 0 Å². The van der Waals surface area contributed by atoms with E-state index in [4.69, 9.17) is 0 Å². The number of nitrogens with one attached hydrogen (secondary N) is 1. The number of carbonyl (C=O) groups excluding carboxylic acids is 1. The minimum Gasteiger partial charge on any atom is -0.326 e. The second kappa shape index (κ2) is 7.49. The summed E-state index contributed by atoms with van der Waals surface area (Å²) >= 11 is 0. The molecule has 30 heavy (non-hydrogen) atoms. The molecule has 1 amide bonds. The molecular formula is C28H21NO. The predicted octanol–water partition coefficient (Wildman–Crippen LogP) is 6.63. The maximum absolute atomic E-state index is 11.9. The van der Waals surface area contributed by atoms with Gasteiger partial charge in [0, 0.05) is 18.2 Å². The largest absolute Gasteiger partial charge is 0.326 e. The molecule has 0 spiro atoms. The Morgan fingerprint density at radius 1 is 0.600 bits per heavy atom. The summed E-state index contributed by atoms with van der Waals surface area (Å²) in [4.78, 5) is 11.9. The highest BCUT2D eigenvalue weighted by molar-refractivity contribution is 6.15. The Labute approximate surface area is 176 Å². The van der Waals surface area contributed by atoms with Crippen molar-refractivity contribution in [1.29, 1.82) is 0 Å². The Morgan fingerprint density at radius 2 is 1.10 bits per heavy atom. The first kappa shape index (κ1) is 18.1. The van der Waals surface area contributed by atoms with Crippen LogP contribution in [0.3, 0.4) is 0 Å². The van der Waals surface area contributed by atoms with Crippen LogP contribution in [-0.2, 0) is 4.79 Å². The summed E-state index contributed by atoms with van der Waals surface area (Å²) in [7, 11) is 0. The molecule has 0 unspecified atom stereocenters. The van der Waals surface area contributed by atoms with Crippen molar-refractivity contribution in [3.8, 4) is 11.1 Å². The lowest BCUT2D eigenvalue weighted by molar-refractivity contribution is -0.114. The van der Waals surface area contributed by atoms with Crippen LogP contribution in [-0.4, -0.2) is 5.91 Å². The molecule has 4 aromatic carbocycles. The number of hydrogen-bond acceptors (Lipinski definition) is 1. The van der Waals surface area contributed by atoms with E-state index in [9.17, 15) is 4.79 Å². The van der Waals surface area contributed by atoms with Gasteiger partial charge in [0.05, 0.1) is 0 Å². The SMILES string of the molecule is CC(=O)Nc1ccccc1C(=C1c2ccccc2-c2ccccc21)c1ccccc1. The number of carbonyl (C=O) groups is 1. The van der Waals surface area contributed by atoms with Gasteiger partial charge in [0.25, 0.3) is 0 Å². The highest BCUT2D eigenvalue weighted by Gasteiger charge is 2.27. The molecule has 1 aliphatic carbocycles. The quantitative estimate of drug-likeness (QED) is 0.370. The lowest BCUT2D eigenvalue weighted by atomic mass is 9.87. The van der Waals surface area contributed by atoms with Crippen LogP contribution in [0.5, 0.6) is 0 Å². The molecule has 0 heterocycles. The Bertz CT molecular complexity index is 1240. The third-order valence-electron chi connectivity index (χ3n) is 5.50. The van der Waals surface area contributed by atoms with Crippen LogP contribution in [0, 0.1) is 0 Å². The van der Waals surface area contributed by atoms with Gasteiger partial charge in [-0.2, -0.15) is 0 Å². The van der Waals surface area contributed by atoms with Gasteiger partial charge in [0.15, 0.2) is 0 Å². The Balaban J connectivity index is 1.91. The highest BCUT2D eigenvalue weighted by atomic mass is 16.1. The zero-order chi connectivity index (χ0) is 20.5. The van der Waals surface area contributed by atoms with E-state index in [0.717, 1.165) is 22.4 Å².